The van der Waals surface area contributed by atoms with Gasteiger partial charge in [0.25, 0.3) is 0 Å². The molecule has 3 aromatic rings. The highest BCUT2D eigenvalue weighted by molar-refractivity contribution is 6.10. The Morgan fingerprint density at radius 3 is 2.83 bits per heavy atom. The van der Waals surface area contributed by atoms with Gasteiger partial charge in [0.1, 0.15) is 6.54 Å². The zero-order valence-corrected chi connectivity index (χ0v) is 15.4. The normalized spacial score (nSPS) is 12.8. The van der Waals surface area contributed by atoms with Crippen LogP contribution < -0.4 is 15.5 Å². The lowest BCUT2D eigenvalue weighted by Gasteiger charge is -2.29. The van der Waals surface area contributed by atoms with E-state index in [-0.39, 0.29) is 37.1 Å². The van der Waals surface area contributed by atoms with Gasteiger partial charge in [0.05, 0.1) is 17.6 Å². The van der Waals surface area contributed by atoms with Crippen LogP contribution >= 0.6 is 0 Å². The zero-order chi connectivity index (χ0) is 20.2. The van der Waals surface area contributed by atoms with Crippen LogP contribution in [0.1, 0.15) is 12.8 Å². The van der Waals surface area contributed by atoms with Gasteiger partial charge in [0.2, 0.25) is 17.7 Å². The lowest BCUT2D eigenvalue weighted by Crippen LogP contribution is -2.42. The largest absolute Gasteiger partial charge is 0.444 e. The number of aromatic nitrogens is 1. The fraction of sp³-hybridized carbons (Fsp3) is 0.143. The Bertz CT molecular complexity index is 1060. The first-order chi connectivity index (χ1) is 14.1. The van der Waals surface area contributed by atoms with Crippen LogP contribution in [0.25, 0.3) is 11.3 Å². The number of benzene rings is 2. The smallest absolute Gasteiger partial charge is 0.244 e. The molecule has 146 valence electrons. The standard InChI is InChI=1S/C21H18N4O4/c26-19(23-15-5-3-4-14(10-15)18-11-22-13-29-18)8-9-21(28)25-12-20(27)24-16-6-1-2-7-17(16)25/h1-7,10-11,13H,8-9,12H2,(H,23,26)(H,24,27). The number of nitrogens with one attached hydrogen (secondary N) is 2. The van der Waals surface area contributed by atoms with Crippen molar-refractivity contribution in [2.75, 3.05) is 22.1 Å². The number of carbonyl (C=O) groups is 3. The molecule has 0 atom stereocenters. The maximum atomic E-state index is 12.6. The molecule has 0 bridgehead atoms. The van der Waals surface area contributed by atoms with Gasteiger partial charge in [-0.25, -0.2) is 4.98 Å². The summed E-state index contributed by atoms with van der Waals surface area (Å²) in [6.07, 6.45) is 2.93. The highest BCUT2D eigenvalue weighted by Crippen LogP contribution is 2.29. The summed E-state index contributed by atoms with van der Waals surface area (Å²) in [4.78, 5) is 42.1. The zero-order valence-electron chi connectivity index (χ0n) is 15.4. The average molecular weight is 390 g/mol. The van der Waals surface area contributed by atoms with Crippen LogP contribution in [-0.2, 0) is 14.4 Å². The first-order valence-electron chi connectivity index (χ1n) is 9.08. The van der Waals surface area contributed by atoms with Gasteiger partial charge >= 0.3 is 0 Å². The maximum absolute atomic E-state index is 12.6. The number of fused-ring (bicyclic) bond motifs is 1. The molecule has 1 aliphatic heterocycles. The molecule has 4 rings (SSSR count). The van der Waals surface area contributed by atoms with Gasteiger partial charge in [-0.1, -0.05) is 24.3 Å². The van der Waals surface area contributed by atoms with Crippen molar-refractivity contribution in [2.24, 2.45) is 0 Å². The molecule has 0 saturated heterocycles. The van der Waals surface area contributed by atoms with Crippen LogP contribution in [0.3, 0.4) is 0 Å². The van der Waals surface area contributed by atoms with E-state index in [0.29, 0.717) is 22.8 Å². The minimum Gasteiger partial charge on any atom is -0.444 e. The van der Waals surface area contributed by atoms with Crippen molar-refractivity contribution in [3.8, 4) is 11.3 Å². The number of carbonyl (C=O) groups excluding carboxylic acids is 3. The predicted octanol–water partition coefficient (Wildman–Crippen LogP) is 3.05. The molecule has 0 aliphatic carbocycles. The molecule has 2 aromatic carbocycles. The molecule has 0 saturated carbocycles. The Labute approximate surface area is 166 Å². The van der Waals surface area contributed by atoms with Crippen LogP contribution in [0.15, 0.2) is 65.5 Å². The van der Waals surface area contributed by atoms with Crippen LogP contribution in [0.2, 0.25) is 0 Å². The van der Waals surface area contributed by atoms with E-state index in [1.165, 1.54) is 11.3 Å². The first-order valence-corrected chi connectivity index (χ1v) is 9.08. The van der Waals surface area contributed by atoms with Crippen LogP contribution in [0, 0.1) is 0 Å². The third kappa shape index (κ3) is 4.16. The lowest BCUT2D eigenvalue weighted by molar-refractivity contribution is -0.124. The molecule has 3 amide bonds. The van der Waals surface area contributed by atoms with Crippen molar-refractivity contribution in [2.45, 2.75) is 12.8 Å². The van der Waals surface area contributed by atoms with Gasteiger partial charge in [0.15, 0.2) is 12.2 Å². The van der Waals surface area contributed by atoms with Crippen molar-refractivity contribution in [1.82, 2.24) is 4.98 Å². The fourth-order valence-electron chi connectivity index (χ4n) is 3.14. The van der Waals surface area contributed by atoms with Gasteiger partial charge in [-0.2, -0.15) is 0 Å². The van der Waals surface area contributed by atoms with Crippen LogP contribution in [0.5, 0.6) is 0 Å². The van der Waals surface area contributed by atoms with Crippen molar-refractivity contribution in [3.63, 3.8) is 0 Å². The number of hydrogen-bond acceptors (Lipinski definition) is 5. The predicted molar refractivity (Wildman–Crippen MR) is 107 cm³/mol. The minimum absolute atomic E-state index is 0.00472. The van der Waals surface area contributed by atoms with Crippen molar-refractivity contribution in [1.29, 1.82) is 0 Å². The molecule has 1 aromatic heterocycles. The quantitative estimate of drug-likeness (QED) is 0.697. The number of oxazole rings is 1. The second kappa shape index (κ2) is 7.97. The fourth-order valence-corrected chi connectivity index (χ4v) is 3.14. The van der Waals surface area contributed by atoms with Gasteiger partial charge in [-0.05, 0) is 24.3 Å². The van der Waals surface area contributed by atoms with Crippen molar-refractivity contribution >= 4 is 34.8 Å². The molecule has 0 radical (unpaired) electrons. The van der Waals surface area contributed by atoms with Crippen molar-refractivity contribution < 1.29 is 18.8 Å². The molecule has 1 aliphatic rings. The summed E-state index contributed by atoms with van der Waals surface area (Å²) in [6, 6.07) is 14.2. The summed E-state index contributed by atoms with van der Waals surface area (Å²) in [5.74, 6) is -0.232. The van der Waals surface area contributed by atoms with E-state index in [2.05, 4.69) is 15.6 Å². The summed E-state index contributed by atoms with van der Waals surface area (Å²) >= 11 is 0. The van der Waals surface area contributed by atoms with E-state index in [1.54, 1.807) is 48.7 Å². The Balaban J connectivity index is 1.37. The lowest BCUT2D eigenvalue weighted by atomic mass is 10.1. The van der Waals surface area contributed by atoms with E-state index in [9.17, 15) is 14.4 Å². The highest BCUT2D eigenvalue weighted by atomic mass is 16.3. The van der Waals surface area contributed by atoms with Gasteiger partial charge in [-0.15, -0.1) is 0 Å². The Morgan fingerprint density at radius 2 is 2.00 bits per heavy atom. The number of amides is 3. The highest BCUT2D eigenvalue weighted by Gasteiger charge is 2.26. The average Bonchev–Trinajstić information content (AvgIpc) is 3.26. The summed E-state index contributed by atoms with van der Waals surface area (Å²) in [5, 5.41) is 5.51. The van der Waals surface area contributed by atoms with Gasteiger partial charge in [-0.3, -0.25) is 14.4 Å². The molecule has 8 heteroatoms. The molecule has 0 spiro atoms. The number of anilines is 3. The molecule has 0 fully saturated rings. The second-order valence-corrected chi connectivity index (χ2v) is 6.54. The topological polar surface area (TPSA) is 105 Å². The number of rotatable bonds is 5. The minimum atomic E-state index is -0.289. The molecule has 8 nitrogen and oxygen atoms in total. The Hall–Kier alpha value is -3.94. The number of para-hydroxylation sites is 2. The Morgan fingerprint density at radius 1 is 1.14 bits per heavy atom. The van der Waals surface area contributed by atoms with Crippen LogP contribution in [-0.4, -0.2) is 29.3 Å². The molecule has 2 heterocycles. The van der Waals surface area contributed by atoms with E-state index >= 15 is 0 Å². The summed E-state index contributed by atoms with van der Waals surface area (Å²) < 4.78 is 5.26. The van der Waals surface area contributed by atoms with E-state index < -0.39 is 0 Å². The van der Waals surface area contributed by atoms with E-state index in [0.717, 1.165) is 5.56 Å². The van der Waals surface area contributed by atoms with E-state index in [1.807, 2.05) is 6.07 Å². The van der Waals surface area contributed by atoms with Crippen molar-refractivity contribution in [3.05, 3.63) is 61.1 Å². The Kier molecular flexibility index (Phi) is 5.07. The molecule has 2 N–H and O–H groups in total. The summed E-state index contributed by atoms with van der Waals surface area (Å²) in [7, 11) is 0. The second-order valence-electron chi connectivity index (χ2n) is 6.54. The number of nitrogens with zero attached hydrogens (tertiary/aromatic N) is 2. The third-order valence-corrected chi connectivity index (χ3v) is 4.50. The summed E-state index contributed by atoms with van der Waals surface area (Å²) in [5.41, 5.74) is 2.61. The monoisotopic (exact) mass is 390 g/mol. The SMILES string of the molecule is O=C(CCC(=O)N1CC(=O)Nc2ccccc21)Nc1cccc(-c2cnco2)c1. The van der Waals surface area contributed by atoms with Gasteiger partial charge < -0.3 is 20.0 Å². The third-order valence-electron chi connectivity index (χ3n) is 4.50. The molecule has 0 unspecified atom stereocenters. The maximum Gasteiger partial charge on any atom is 0.244 e. The molecular formula is C21H18N4O4. The van der Waals surface area contributed by atoms with Gasteiger partial charge in [0, 0.05) is 24.1 Å². The first kappa shape index (κ1) is 18.4. The number of hydrogen-bond donors (Lipinski definition) is 2. The summed E-state index contributed by atoms with van der Waals surface area (Å²) in [6.45, 7) is -0.0588. The molecule has 29 heavy (non-hydrogen) atoms. The van der Waals surface area contributed by atoms with E-state index in [4.69, 9.17) is 4.42 Å². The van der Waals surface area contributed by atoms with Crippen LogP contribution in [0.4, 0.5) is 17.1 Å². The molecular weight excluding hydrogens is 372 g/mol.